The maximum Gasteiger partial charge on any atom is 0.148 e. The van der Waals surface area contributed by atoms with Gasteiger partial charge in [-0.3, -0.25) is 0 Å². The van der Waals surface area contributed by atoms with E-state index in [1.807, 2.05) is 42.7 Å². The quantitative estimate of drug-likeness (QED) is 0.512. The zero-order chi connectivity index (χ0) is 16.6. The molecule has 0 bridgehead atoms. The van der Waals surface area contributed by atoms with Gasteiger partial charge in [-0.25, -0.2) is 4.98 Å². The predicted octanol–water partition coefficient (Wildman–Crippen LogP) is 3.23. The number of rotatable bonds is 8. The fourth-order valence-corrected chi connectivity index (χ4v) is 2.70. The highest BCUT2D eigenvalue weighted by molar-refractivity contribution is 5.74. The Morgan fingerprint density at radius 2 is 1.96 bits per heavy atom. The van der Waals surface area contributed by atoms with Crippen LogP contribution in [0.15, 0.2) is 54.9 Å². The molecule has 0 aliphatic rings. The molecule has 0 spiro atoms. The topological polar surface area (TPSA) is 39.1 Å². The molecule has 0 saturated carbocycles. The van der Waals surface area contributed by atoms with Gasteiger partial charge in [0, 0.05) is 18.7 Å². The van der Waals surface area contributed by atoms with Crippen LogP contribution in [-0.4, -0.2) is 22.7 Å². The summed E-state index contributed by atoms with van der Waals surface area (Å²) >= 11 is 0. The number of aryl methyl sites for hydroxylation is 1. The third-order valence-corrected chi connectivity index (χ3v) is 3.88. The van der Waals surface area contributed by atoms with Gasteiger partial charge in [-0.1, -0.05) is 36.3 Å². The van der Waals surface area contributed by atoms with Gasteiger partial charge in [-0.05, 0) is 31.2 Å². The van der Waals surface area contributed by atoms with E-state index in [1.54, 1.807) is 0 Å². The SMILES string of the molecule is C#CCOc1ccccc1CNCCCn1cnc2ccccc21. The minimum absolute atomic E-state index is 0.296. The lowest BCUT2D eigenvalue weighted by Crippen LogP contribution is -2.17. The Bertz CT molecular complexity index is 832. The monoisotopic (exact) mass is 319 g/mol. The van der Waals surface area contributed by atoms with Gasteiger partial charge < -0.3 is 14.6 Å². The lowest BCUT2D eigenvalue weighted by atomic mass is 10.2. The number of benzene rings is 2. The van der Waals surface area contributed by atoms with E-state index in [2.05, 4.69) is 32.9 Å². The number of fused-ring (bicyclic) bond motifs is 1. The summed E-state index contributed by atoms with van der Waals surface area (Å²) in [5.41, 5.74) is 3.36. The lowest BCUT2D eigenvalue weighted by Gasteiger charge is -2.11. The number of nitrogens with one attached hydrogen (secondary N) is 1. The summed E-state index contributed by atoms with van der Waals surface area (Å²) in [5, 5.41) is 3.46. The normalized spacial score (nSPS) is 10.6. The molecule has 3 aromatic rings. The van der Waals surface area contributed by atoms with E-state index in [4.69, 9.17) is 11.2 Å². The molecule has 122 valence electrons. The summed E-state index contributed by atoms with van der Waals surface area (Å²) in [7, 11) is 0. The number of ether oxygens (including phenoxy) is 1. The highest BCUT2D eigenvalue weighted by atomic mass is 16.5. The van der Waals surface area contributed by atoms with Gasteiger partial charge in [0.25, 0.3) is 0 Å². The number of para-hydroxylation sites is 3. The molecule has 4 heteroatoms. The highest BCUT2D eigenvalue weighted by Gasteiger charge is 2.03. The molecule has 1 aromatic heterocycles. The molecule has 0 radical (unpaired) electrons. The van der Waals surface area contributed by atoms with Crippen molar-refractivity contribution in [2.75, 3.05) is 13.2 Å². The van der Waals surface area contributed by atoms with Gasteiger partial charge in [0.05, 0.1) is 17.4 Å². The zero-order valence-electron chi connectivity index (χ0n) is 13.6. The van der Waals surface area contributed by atoms with Gasteiger partial charge in [-0.15, -0.1) is 6.42 Å². The number of imidazole rings is 1. The van der Waals surface area contributed by atoms with E-state index in [1.165, 1.54) is 5.52 Å². The first-order valence-electron chi connectivity index (χ1n) is 8.13. The molecule has 4 nitrogen and oxygen atoms in total. The van der Waals surface area contributed by atoms with E-state index in [9.17, 15) is 0 Å². The Morgan fingerprint density at radius 3 is 2.88 bits per heavy atom. The first-order valence-corrected chi connectivity index (χ1v) is 8.13. The van der Waals surface area contributed by atoms with Crippen molar-refractivity contribution in [3.8, 4) is 18.1 Å². The van der Waals surface area contributed by atoms with Crippen LogP contribution < -0.4 is 10.1 Å². The number of hydrogen-bond acceptors (Lipinski definition) is 3. The molecule has 0 aliphatic carbocycles. The molecular formula is C20H21N3O. The average Bonchev–Trinajstić information content (AvgIpc) is 3.04. The van der Waals surface area contributed by atoms with Crippen molar-refractivity contribution in [1.29, 1.82) is 0 Å². The van der Waals surface area contributed by atoms with E-state index in [0.29, 0.717) is 6.61 Å². The number of hydrogen-bond donors (Lipinski definition) is 1. The molecule has 0 fully saturated rings. The minimum atomic E-state index is 0.296. The third kappa shape index (κ3) is 3.95. The first-order chi connectivity index (χ1) is 11.9. The average molecular weight is 319 g/mol. The second-order valence-electron chi connectivity index (χ2n) is 5.56. The second kappa shape index (κ2) is 8.19. The number of nitrogens with zero attached hydrogens (tertiary/aromatic N) is 2. The molecule has 3 rings (SSSR count). The van der Waals surface area contributed by atoms with Crippen LogP contribution >= 0.6 is 0 Å². The second-order valence-corrected chi connectivity index (χ2v) is 5.56. The molecule has 1 heterocycles. The summed E-state index contributed by atoms with van der Waals surface area (Å²) in [4.78, 5) is 4.42. The van der Waals surface area contributed by atoms with Crippen molar-refractivity contribution in [2.45, 2.75) is 19.5 Å². The Hall–Kier alpha value is -2.77. The fourth-order valence-electron chi connectivity index (χ4n) is 2.70. The Balaban J connectivity index is 1.47. The van der Waals surface area contributed by atoms with Gasteiger partial charge in [-0.2, -0.15) is 0 Å². The summed E-state index contributed by atoms with van der Waals surface area (Å²) in [6.07, 6.45) is 8.20. The van der Waals surface area contributed by atoms with Crippen LogP contribution in [-0.2, 0) is 13.1 Å². The molecule has 0 saturated heterocycles. The van der Waals surface area contributed by atoms with Gasteiger partial charge in [0.1, 0.15) is 12.4 Å². The summed E-state index contributed by atoms with van der Waals surface area (Å²) in [5.74, 6) is 3.35. The zero-order valence-corrected chi connectivity index (χ0v) is 13.6. The van der Waals surface area contributed by atoms with Crippen molar-refractivity contribution < 1.29 is 4.74 Å². The van der Waals surface area contributed by atoms with Crippen LogP contribution in [0.4, 0.5) is 0 Å². The number of aromatic nitrogens is 2. The third-order valence-electron chi connectivity index (χ3n) is 3.88. The predicted molar refractivity (Wildman–Crippen MR) is 96.8 cm³/mol. The molecule has 0 atom stereocenters. The van der Waals surface area contributed by atoms with Crippen molar-refractivity contribution in [3.05, 3.63) is 60.4 Å². The van der Waals surface area contributed by atoms with Crippen LogP contribution in [0.5, 0.6) is 5.75 Å². The smallest absolute Gasteiger partial charge is 0.148 e. The largest absolute Gasteiger partial charge is 0.481 e. The standard InChI is InChI=1S/C20H21N3O/c1-2-14-24-20-11-6-3-8-17(20)15-21-12-7-13-23-16-22-18-9-4-5-10-19(18)23/h1,3-6,8-11,16,21H,7,12-15H2. The molecule has 0 amide bonds. The first kappa shape index (κ1) is 16.1. The Morgan fingerprint density at radius 1 is 1.12 bits per heavy atom. The van der Waals surface area contributed by atoms with Crippen molar-refractivity contribution in [2.24, 2.45) is 0 Å². The van der Waals surface area contributed by atoms with Crippen LogP contribution in [0.1, 0.15) is 12.0 Å². The maximum atomic E-state index is 5.56. The van der Waals surface area contributed by atoms with Crippen LogP contribution in [0.3, 0.4) is 0 Å². The van der Waals surface area contributed by atoms with Gasteiger partial charge in [0.2, 0.25) is 0 Å². The van der Waals surface area contributed by atoms with Crippen LogP contribution in [0.25, 0.3) is 11.0 Å². The van der Waals surface area contributed by atoms with Crippen molar-refractivity contribution in [1.82, 2.24) is 14.9 Å². The van der Waals surface area contributed by atoms with Gasteiger partial charge >= 0.3 is 0 Å². The van der Waals surface area contributed by atoms with Crippen molar-refractivity contribution >= 4 is 11.0 Å². The molecule has 2 aromatic carbocycles. The minimum Gasteiger partial charge on any atom is -0.481 e. The molecule has 0 unspecified atom stereocenters. The lowest BCUT2D eigenvalue weighted by molar-refractivity contribution is 0.364. The number of terminal acetylenes is 1. The van der Waals surface area contributed by atoms with E-state index in [-0.39, 0.29) is 0 Å². The highest BCUT2D eigenvalue weighted by Crippen LogP contribution is 2.17. The van der Waals surface area contributed by atoms with Crippen LogP contribution in [0, 0.1) is 12.3 Å². The Labute approximate surface area is 142 Å². The maximum absolute atomic E-state index is 5.56. The molecule has 1 N–H and O–H groups in total. The van der Waals surface area contributed by atoms with E-state index >= 15 is 0 Å². The van der Waals surface area contributed by atoms with Crippen LogP contribution in [0.2, 0.25) is 0 Å². The van der Waals surface area contributed by atoms with E-state index < -0.39 is 0 Å². The molecule has 24 heavy (non-hydrogen) atoms. The molecule has 0 aliphatic heterocycles. The van der Waals surface area contributed by atoms with Gasteiger partial charge in [0.15, 0.2) is 0 Å². The molecular weight excluding hydrogens is 298 g/mol. The van der Waals surface area contributed by atoms with Crippen molar-refractivity contribution in [3.63, 3.8) is 0 Å². The Kier molecular flexibility index (Phi) is 5.49. The fraction of sp³-hybridized carbons (Fsp3) is 0.250. The van der Waals surface area contributed by atoms with E-state index in [0.717, 1.165) is 42.9 Å². The summed E-state index contributed by atoms with van der Waals surface area (Å²) in [6, 6.07) is 16.2. The summed E-state index contributed by atoms with van der Waals surface area (Å²) < 4.78 is 7.76. The summed E-state index contributed by atoms with van der Waals surface area (Å²) in [6.45, 7) is 2.94.